The van der Waals surface area contributed by atoms with Crippen molar-refractivity contribution >= 4 is 18.5 Å². The molecule has 2 fully saturated rings. The van der Waals surface area contributed by atoms with E-state index in [0.29, 0.717) is 12.0 Å². The third-order valence-corrected chi connectivity index (χ3v) is 6.15. The number of rotatable bonds is 6. The van der Waals surface area contributed by atoms with Gasteiger partial charge in [0.1, 0.15) is 0 Å². The number of nitrogens with zero attached hydrogens (tertiary/aromatic N) is 4. The normalized spacial score (nSPS) is 25.0. The van der Waals surface area contributed by atoms with Gasteiger partial charge in [-0.05, 0) is 47.1 Å². The van der Waals surface area contributed by atoms with Crippen molar-refractivity contribution < 1.29 is 14.4 Å². The summed E-state index contributed by atoms with van der Waals surface area (Å²) in [6.07, 6.45) is 7.19. The van der Waals surface area contributed by atoms with Crippen LogP contribution in [0, 0.1) is 0 Å². The number of β-amino-alcohol motifs (C(OH)–C–C–N with tert-alkyl or cyclic N) is 1. The molecule has 2 saturated heterocycles. The second kappa shape index (κ2) is 8.03. The van der Waals surface area contributed by atoms with Crippen LogP contribution in [0.5, 0.6) is 0 Å². The minimum absolute atomic E-state index is 0.208. The molecule has 0 saturated carbocycles. The van der Waals surface area contributed by atoms with Gasteiger partial charge in [0, 0.05) is 44.0 Å². The molecule has 27 heavy (non-hydrogen) atoms. The molecule has 150 valence electrons. The van der Waals surface area contributed by atoms with Gasteiger partial charge in [0.05, 0.1) is 17.8 Å². The Morgan fingerprint density at radius 2 is 1.81 bits per heavy atom. The molecule has 1 aromatic heterocycles. The summed E-state index contributed by atoms with van der Waals surface area (Å²) in [5.41, 5.74) is 0.0968. The van der Waals surface area contributed by atoms with E-state index in [-0.39, 0.29) is 17.8 Å². The molecule has 0 amide bonds. The zero-order chi connectivity index (χ0) is 19.7. The fourth-order valence-corrected chi connectivity index (χ4v) is 3.72. The highest BCUT2D eigenvalue weighted by molar-refractivity contribution is 6.61. The Kier molecular flexibility index (Phi) is 6.10. The number of likely N-dealkylation sites (tertiary alicyclic amines) is 1. The maximum Gasteiger partial charge on any atom is 0.498 e. The highest BCUT2D eigenvalue weighted by Gasteiger charge is 2.52. The zero-order valence-electron chi connectivity index (χ0n) is 17.3. The Labute approximate surface area is 163 Å². The van der Waals surface area contributed by atoms with E-state index in [1.54, 1.807) is 12.4 Å². The molecule has 3 heterocycles. The third-order valence-electron chi connectivity index (χ3n) is 6.15. The molecule has 1 atom stereocenters. The average Bonchev–Trinajstić information content (AvgIpc) is 2.84. The Morgan fingerprint density at radius 3 is 2.41 bits per heavy atom. The lowest BCUT2D eigenvalue weighted by Gasteiger charge is -2.37. The van der Waals surface area contributed by atoms with Crippen molar-refractivity contribution in [2.75, 3.05) is 38.2 Å². The van der Waals surface area contributed by atoms with Gasteiger partial charge in [0.2, 0.25) is 5.95 Å². The van der Waals surface area contributed by atoms with Gasteiger partial charge in [-0.25, -0.2) is 9.97 Å². The number of anilines is 1. The molecule has 2 aliphatic heterocycles. The molecule has 7 nitrogen and oxygen atoms in total. The number of hydrogen-bond acceptors (Lipinski definition) is 7. The molecular formula is C19H33BN4O3. The summed E-state index contributed by atoms with van der Waals surface area (Å²) in [5, 5.41) is 9.29. The van der Waals surface area contributed by atoms with Gasteiger partial charge < -0.3 is 19.3 Å². The molecule has 0 spiro atoms. The van der Waals surface area contributed by atoms with Crippen molar-refractivity contribution in [1.29, 1.82) is 0 Å². The van der Waals surface area contributed by atoms with Crippen LogP contribution in [0.2, 0.25) is 0 Å². The summed E-state index contributed by atoms with van der Waals surface area (Å²) in [7, 11) is 1.59. The van der Waals surface area contributed by atoms with Gasteiger partial charge in [0.15, 0.2) is 0 Å². The van der Waals surface area contributed by atoms with Crippen LogP contribution in [0.15, 0.2) is 12.4 Å². The second-order valence-corrected chi connectivity index (χ2v) is 8.69. The maximum absolute atomic E-state index is 9.29. The summed E-state index contributed by atoms with van der Waals surface area (Å²) in [5.74, 6) is 0.699. The van der Waals surface area contributed by atoms with E-state index in [2.05, 4.69) is 19.8 Å². The standard InChI is InChI=1S/C19H33BN4O3/c1-18(2)19(3,4)27-20(26-18)15-12-21-17(22-13-15)23(5)14-16-8-6-7-9-24(16)10-11-25/h12-13,16,25H,6-11,14H2,1-5H3/t16-/m0/s1. The summed E-state index contributed by atoms with van der Waals surface area (Å²) < 4.78 is 12.1. The van der Waals surface area contributed by atoms with Crippen LogP contribution in [0.4, 0.5) is 5.95 Å². The first-order chi connectivity index (χ1) is 12.7. The number of piperidine rings is 1. The lowest BCUT2D eigenvalue weighted by atomic mass is 9.81. The average molecular weight is 376 g/mol. The first-order valence-corrected chi connectivity index (χ1v) is 9.97. The second-order valence-electron chi connectivity index (χ2n) is 8.69. The topological polar surface area (TPSA) is 71.0 Å². The molecule has 1 N–H and O–H groups in total. The quantitative estimate of drug-likeness (QED) is 0.745. The maximum atomic E-state index is 9.29. The van der Waals surface area contributed by atoms with Crippen LogP contribution in [-0.2, 0) is 9.31 Å². The number of likely N-dealkylation sites (N-methyl/N-ethyl adjacent to an activating group) is 1. The Morgan fingerprint density at radius 1 is 1.19 bits per heavy atom. The Balaban J connectivity index is 1.63. The highest BCUT2D eigenvalue weighted by atomic mass is 16.7. The van der Waals surface area contributed by atoms with Crippen LogP contribution in [0.3, 0.4) is 0 Å². The molecule has 0 bridgehead atoms. The third kappa shape index (κ3) is 4.45. The first kappa shape index (κ1) is 20.5. The highest BCUT2D eigenvalue weighted by Crippen LogP contribution is 2.36. The monoisotopic (exact) mass is 376 g/mol. The molecule has 2 aliphatic rings. The zero-order valence-corrected chi connectivity index (χ0v) is 17.3. The number of aromatic nitrogens is 2. The molecule has 0 radical (unpaired) electrons. The van der Waals surface area contributed by atoms with Crippen molar-refractivity contribution in [3.63, 3.8) is 0 Å². The van der Waals surface area contributed by atoms with Crippen molar-refractivity contribution in [2.24, 2.45) is 0 Å². The van der Waals surface area contributed by atoms with Gasteiger partial charge in [-0.1, -0.05) is 6.42 Å². The number of hydrogen-bond donors (Lipinski definition) is 1. The molecule has 0 aliphatic carbocycles. The largest absolute Gasteiger partial charge is 0.498 e. The Bertz CT molecular complexity index is 608. The molecular weight excluding hydrogens is 343 g/mol. The van der Waals surface area contributed by atoms with Crippen LogP contribution in [-0.4, -0.2) is 77.6 Å². The van der Waals surface area contributed by atoms with Crippen LogP contribution < -0.4 is 10.4 Å². The van der Waals surface area contributed by atoms with Crippen molar-refractivity contribution in [2.45, 2.75) is 64.2 Å². The van der Waals surface area contributed by atoms with E-state index in [9.17, 15) is 5.11 Å². The van der Waals surface area contributed by atoms with E-state index in [4.69, 9.17) is 9.31 Å². The molecule has 0 unspecified atom stereocenters. The number of aliphatic hydroxyl groups is 1. The molecule has 1 aromatic rings. The van der Waals surface area contributed by atoms with E-state index < -0.39 is 7.12 Å². The van der Waals surface area contributed by atoms with E-state index in [1.807, 2.05) is 34.7 Å². The SMILES string of the molecule is CN(C[C@@H]1CCCCN1CCO)c1ncc(B2OC(C)(C)C(C)(C)O2)cn1. The van der Waals surface area contributed by atoms with E-state index >= 15 is 0 Å². The number of aliphatic hydroxyl groups excluding tert-OH is 1. The van der Waals surface area contributed by atoms with Gasteiger partial charge in [0.25, 0.3) is 0 Å². The van der Waals surface area contributed by atoms with Crippen molar-refractivity contribution in [3.8, 4) is 0 Å². The minimum Gasteiger partial charge on any atom is -0.399 e. The summed E-state index contributed by atoms with van der Waals surface area (Å²) in [6.45, 7) is 11.0. The Hall–Kier alpha value is -1.22. The van der Waals surface area contributed by atoms with Gasteiger partial charge in [-0.15, -0.1) is 0 Å². The first-order valence-electron chi connectivity index (χ1n) is 9.97. The minimum atomic E-state index is -0.437. The van der Waals surface area contributed by atoms with Gasteiger partial charge in [-0.3, -0.25) is 4.90 Å². The lowest BCUT2D eigenvalue weighted by Crippen LogP contribution is -2.47. The van der Waals surface area contributed by atoms with Gasteiger partial charge in [-0.2, -0.15) is 0 Å². The van der Waals surface area contributed by atoms with Crippen LogP contribution in [0.1, 0.15) is 47.0 Å². The van der Waals surface area contributed by atoms with Crippen molar-refractivity contribution in [3.05, 3.63) is 12.4 Å². The smallest absolute Gasteiger partial charge is 0.399 e. The molecule has 8 heteroatoms. The molecule has 0 aromatic carbocycles. The predicted octanol–water partition coefficient (Wildman–Crippen LogP) is 1.06. The lowest BCUT2D eigenvalue weighted by molar-refractivity contribution is 0.00578. The van der Waals surface area contributed by atoms with Crippen LogP contribution >= 0.6 is 0 Å². The van der Waals surface area contributed by atoms with Gasteiger partial charge >= 0.3 is 7.12 Å². The molecule has 3 rings (SSSR count). The van der Waals surface area contributed by atoms with E-state index in [1.165, 1.54) is 12.8 Å². The summed E-state index contributed by atoms with van der Waals surface area (Å²) in [4.78, 5) is 13.5. The summed E-state index contributed by atoms with van der Waals surface area (Å²) >= 11 is 0. The van der Waals surface area contributed by atoms with Crippen molar-refractivity contribution in [1.82, 2.24) is 14.9 Å². The fourth-order valence-electron chi connectivity index (χ4n) is 3.72. The summed E-state index contributed by atoms with van der Waals surface area (Å²) in [6, 6.07) is 0.433. The van der Waals surface area contributed by atoms with Crippen LogP contribution in [0.25, 0.3) is 0 Å². The van der Waals surface area contributed by atoms with E-state index in [0.717, 1.165) is 31.5 Å². The fraction of sp³-hybridized carbons (Fsp3) is 0.789. The predicted molar refractivity (Wildman–Crippen MR) is 107 cm³/mol.